The summed E-state index contributed by atoms with van der Waals surface area (Å²) in [4.78, 5) is 3.27. The maximum absolute atomic E-state index is 5.43. The minimum atomic E-state index is 0.393. The first-order valence-corrected chi connectivity index (χ1v) is 6.97. The van der Waals surface area contributed by atoms with Crippen molar-refractivity contribution in [2.24, 2.45) is 0 Å². The largest absolute Gasteiger partial charge is 0.429 e. The van der Waals surface area contributed by atoms with Crippen molar-refractivity contribution < 1.29 is 4.42 Å². The van der Waals surface area contributed by atoms with Gasteiger partial charge < -0.3 is 9.40 Å². The van der Waals surface area contributed by atoms with Crippen LogP contribution in [0.2, 0.25) is 0 Å². The lowest BCUT2D eigenvalue weighted by Gasteiger charge is -2.04. The fourth-order valence-corrected chi connectivity index (χ4v) is 2.33. The number of aromatic nitrogens is 1. The second-order valence-corrected chi connectivity index (χ2v) is 5.42. The predicted octanol–water partition coefficient (Wildman–Crippen LogP) is 5.43. The summed E-state index contributed by atoms with van der Waals surface area (Å²) in [7, 11) is 0. The third-order valence-electron chi connectivity index (χ3n) is 2.85. The molecule has 2 aromatic carbocycles. The Labute approximate surface area is 124 Å². The van der Waals surface area contributed by atoms with Crippen LogP contribution in [0.4, 0.5) is 0 Å². The van der Waals surface area contributed by atoms with E-state index in [9.17, 15) is 0 Å². The van der Waals surface area contributed by atoms with E-state index in [1.165, 1.54) is 5.56 Å². The number of aromatic amines is 1. The molecule has 0 saturated carbocycles. The lowest BCUT2D eigenvalue weighted by atomic mass is 10.0. The van der Waals surface area contributed by atoms with E-state index >= 15 is 0 Å². The van der Waals surface area contributed by atoms with E-state index in [1.54, 1.807) is 6.20 Å². The number of benzene rings is 2. The molecule has 0 fully saturated rings. The fraction of sp³-hybridized carbons (Fsp3) is 0. The van der Waals surface area contributed by atoms with Crippen LogP contribution < -0.4 is 0 Å². The molecule has 1 heterocycles. The van der Waals surface area contributed by atoms with Gasteiger partial charge in [0.05, 0.1) is 0 Å². The van der Waals surface area contributed by atoms with Crippen molar-refractivity contribution in [3.05, 3.63) is 64.0 Å². The van der Waals surface area contributed by atoms with Crippen LogP contribution in [0.15, 0.2) is 63.6 Å². The van der Waals surface area contributed by atoms with Crippen LogP contribution in [-0.4, -0.2) is 4.98 Å². The van der Waals surface area contributed by atoms with E-state index in [0.717, 1.165) is 21.4 Å². The molecular formula is C15H10BrNOS. The summed E-state index contributed by atoms with van der Waals surface area (Å²) in [6, 6.07) is 16.4. The number of nitrogens with one attached hydrogen (secondary N) is 1. The summed E-state index contributed by atoms with van der Waals surface area (Å²) < 4.78 is 6.50. The Kier molecular flexibility index (Phi) is 3.36. The van der Waals surface area contributed by atoms with Gasteiger partial charge in [0.15, 0.2) is 5.76 Å². The number of halogens is 1. The van der Waals surface area contributed by atoms with Gasteiger partial charge in [-0.3, -0.25) is 0 Å². The second-order valence-electron chi connectivity index (χ2n) is 4.13. The minimum absolute atomic E-state index is 0.393. The molecule has 0 spiro atoms. The van der Waals surface area contributed by atoms with E-state index < -0.39 is 0 Å². The van der Waals surface area contributed by atoms with Gasteiger partial charge in [0.1, 0.15) is 0 Å². The Morgan fingerprint density at radius 1 is 0.947 bits per heavy atom. The molecule has 2 nitrogen and oxygen atoms in total. The van der Waals surface area contributed by atoms with Crippen molar-refractivity contribution >= 4 is 28.1 Å². The quantitative estimate of drug-likeness (QED) is 0.634. The number of rotatable bonds is 2. The monoisotopic (exact) mass is 331 g/mol. The van der Waals surface area contributed by atoms with E-state index in [2.05, 4.69) is 45.2 Å². The number of hydrogen-bond donors (Lipinski definition) is 1. The summed E-state index contributed by atoms with van der Waals surface area (Å²) >= 11 is 8.39. The zero-order chi connectivity index (χ0) is 13.2. The molecule has 0 aliphatic rings. The van der Waals surface area contributed by atoms with Gasteiger partial charge in [-0.1, -0.05) is 46.3 Å². The Morgan fingerprint density at radius 3 is 2.37 bits per heavy atom. The first-order valence-electron chi connectivity index (χ1n) is 5.77. The normalized spacial score (nSPS) is 10.6. The van der Waals surface area contributed by atoms with Crippen LogP contribution in [0.3, 0.4) is 0 Å². The standard InChI is InChI=1S/C15H10BrNOS/c16-13-6-4-10(5-7-13)11-2-1-3-12(8-11)14-9-17-15(19)18-14/h1-9H,(H,17,19). The van der Waals surface area contributed by atoms with E-state index in [4.69, 9.17) is 16.6 Å². The average molecular weight is 332 g/mol. The fourth-order valence-electron chi connectivity index (χ4n) is 1.92. The average Bonchev–Trinajstić information content (AvgIpc) is 2.86. The molecule has 0 bridgehead atoms. The lowest BCUT2D eigenvalue weighted by molar-refractivity contribution is 0.554. The summed E-state index contributed by atoms with van der Waals surface area (Å²) in [6.45, 7) is 0. The molecule has 0 aliphatic heterocycles. The van der Waals surface area contributed by atoms with Crippen LogP contribution in [0.25, 0.3) is 22.5 Å². The topological polar surface area (TPSA) is 28.9 Å². The maximum atomic E-state index is 5.43. The molecule has 1 N–H and O–H groups in total. The Balaban J connectivity index is 2.04. The van der Waals surface area contributed by atoms with Crippen molar-refractivity contribution in [3.63, 3.8) is 0 Å². The van der Waals surface area contributed by atoms with Crippen molar-refractivity contribution in [1.29, 1.82) is 0 Å². The molecule has 1 aromatic heterocycles. The van der Waals surface area contributed by atoms with Gasteiger partial charge >= 0.3 is 0 Å². The highest BCUT2D eigenvalue weighted by molar-refractivity contribution is 9.10. The molecule has 3 rings (SSSR count). The highest BCUT2D eigenvalue weighted by Crippen LogP contribution is 2.27. The SMILES string of the molecule is S=c1[nH]cc(-c2cccc(-c3ccc(Br)cc3)c2)o1. The molecule has 3 aromatic rings. The van der Waals surface area contributed by atoms with Crippen molar-refractivity contribution in [1.82, 2.24) is 4.98 Å². The Bertz CT molecular complexity index is 758. The molecule has 0 unspecified atom stereocenters. The third kappa shape index (κ3) is 2.69. The highest BCUT2D eigenvalue weighted by atomic mass is 79.9. The van der Waals surface area contributed by atoms with Crippen LogP contribution in [0, 0.1) is 4.84 Å². The van der Waals surface area contributed by atoms with Crippen LogP contribution >= 0.6 is 28.1 Å². The van der Waals surface area contributed by atoms with Crippen LogP contribution in [0.1, 0.15) is 0 Å². The Morgan fingerprint density at radius 2 is 1.68 bits per heavy atom. The third-order valence-corrected chi connectivity index (χ3v) is 3.58. The molecule has 0 atom stereocenters. The predicted molar refractivity (Wildman–Crippen MR) is 82.5 cm³/mol. The summed E-state index contributed by atoms with van der Waals surface area (Å²) in [5.41, 5.74) is 3.32. The van der Waals surface area contributed by atoms with Crippen molar-refractivity contribution in [3.8, 4) is 22.5 Å². The van der Waals surface area contributed by atoms with Gasteiger partial charge in [0.2, 0.25) is 0 Å². The van der Waals surface area contributed by atoms with Gasteiger partial charge in [-0.2, -0.15) is 0 Å². The summed E-state index contributed by atoms with van der Waals surface area (Å²) in [6.07, 6.45) is 1.78. The number of hydrogen-bond acceptors (Lipinski definition) is 2. The maximum Gasteiger partial charge on any atom is 0.266 e. The van der Waals surface area contributed by atoms with Crippen molar-refractivity contribution in [2.45, 2.75) is 0 Å². The molecule has 19 heavy (non-hydrogen) atoms. The summed E-state index contributed by atoms with van der Waals surface area (Å²) in [5, 5.41) is 0. The van der Waals surface area contributed by atoms with E-state index in [-0.39, 0.29) is 0 Å². The molecule has 0 saturated heterocycles. The number of H-pyrrole nitrogens is 1. The van der Waals surface area contributed by atoms with Gasteiger partial charge in [-0.25, -0.2) is 0 Å². The van der Waals surface area contributed by atoms with Crippen LogP contribution in [-0.2, 0) is 0 Å². The first kappa shape index (κ1) is 12.4. The molecule has 94 valence electrons. The molecular weight excluding hydrogens is 322 g/mol. The van der Waals surface area contributed by atoms with Gasteiger partial charge in [0.25, 0.3) is 4.84 Å². The molecule has 0 radical (unpaired) electrons. The first-order chi connectivity index (χ1) is 9.22. The molecule has 4 heteroatoms. The highest BCUT2D eigenvalue weighted by Gasteiger charge is 2.04. The minimum Gasteiger partial charge on any atom is -0.429 e. The lowest BCUT2D eigenvalue weighted by Crippen LogP contribution is -1.79. The van der Waals surface area contributed by atoms with E-state index in [0.29, 0.717) is 4.84 Å². The zero-order valence-electron chi connectivity index (χ0n) is 9.89. The second kappa shape index (κ2) is 5.15. The molecule has 0 amide bonds. The summed E-state index contributed by atoms with van der Waals surface area (Å²) in [5.74, 6) is 0.754. The van der Waals surface area contributed by atoms with Gasteiger partial charge in [-0.05, 0) is 41.5 Å². The molecule has 0 aliphatic carbocycles. The van der Waals surface area contributed by atoms with Gasteiger partial charge in [-0.15, -0.1) is 0 Å². The van der Waals surface area contributed by atoms with Crippen molar-refractivity contribution in [2.75, 3.05) is 0 Å². The van der Waals surface area contributed by atoms with E-state index in [1.807, 2.05) is 24.3 Å². The zero-order valence-corrected chi connectivity index (χ0v) is 12.3. The Hall–Kier alpha value is -1.65. The number of oxazole rings is 1. The van der Waals surface area contributed by atoms with Crippen LogP contribution in [0.5, 0.6) is 0 Å². The van der Waals surface area contributed by atoms with Gasteiger partial charge in [0, 0.05) is 16.2 Å². The smallest absolute Gasteiger partial charge is 0.266 e.